The number of halogens is 1. The first-order valence-electron chi connectivity index (χ1n) is 4.35. The molecule has 0 saturated carbocycles. The van der Waals surface area contributed by atoms with E-state index in [1.54, 1.807) is 4.67 Å². The Morgan fingerprint density at radius 2 is 2.33 bits per heavy atom. The molecule has 2 atom stereocenters. The fourth-order valence-corrected chi connectivity index (χ4v) is 3.39. The smallest absolute Gasteiger partial charge is 0.322 e. The van der Waals surface area contributed by atoms with Gasteiger partial charge in [-0.05, 0) is 30.5 Å². The molecule has 0 amide bonds. The highest BCUT2D eigenvalue weighted by Crippen LogP contribution is 2.53. The van der Waals surface area contributed by atoms with E-state index in [-0.39, 0.29) is 6.04 Å². The van der Waals surface area contributed by atoms with E-state index in [1.165, 1.54) is 0 Å². The summed E-state index contributed by atoms with van der Waals surface area (Å²) in [4.78, 5) is 9.19. The van der Waals surface area contributed by atoms with Gasteiger partial charge in [-0.25, -0.2) is 4.67 Å². The second-order valence-electron chi connectivity index (χ2n) is 3.19. The molecule has 3 nitrogen and oxygen atoms in total. The van der Waals surface area contributed by atoms with Crippen molar-refractivity contribution in [1.82, 2.24) is 4.67 Å². The molecule has 1 heterocycles. The van der Waals surface area contributed by atoms with Gasteiger partial charge in [0.1, 0.15) is 0 Å². The van der Waals surface area contributed by atoms with E-state index in [4.69, 9.17) is 11.2 Å². The summed E-state index contributed by atoms with van der Waals surface area (Å²) in [6, 6.07) is 0.201. The van der Waals surface area contributed by atoms with Gasteiger partial charge in [0.25, 0.3) is 0 Å². The third-order valence-electron chi connectivity index (χ3n) is 2.38. The van der Waals surface area contributed by atoms with Crippen LogP contribution in [-0.2, 0) is 4.57 Å². The van der Waals surface area contributed by atoms with Gasteiger partial charge >= 0.3 is 6.87 Å². The molecule has 1 saturated heterocycles. The number of hydrogen-bond acceptors (Lipinski definition) is 1. The van der Waals surface area contributed by atoms with Gasteiger partial charge in [-0.1, -0.05) is 13.3 Å². The molecule has 1 N–H and O–H groups in total. The Kier molecular flexibility index (Phi) is 3.59. The van der Waals surface area contributed by atoms with E-state index in [1.807, 2.05) is 6.92 Å². The molecule has 0 aromatic carbocycles. The Bertz CT molecular complexity index is 194. The number of nitrogens with zero attached hydrogens (tertiary/aromatic N) is 1. The Balaban J connectivity index is 2.65. The minimum Gasteiger partial charge on any atom is -0.322 e. The van der Waals surface area contributed by atoms with Crippen LogP contribution in [0.3, 0.4) is 0 Å². The van der Waals surface area contributed by atoms with Crippen molar-refractivity contribution < 1.29 is 9.46 Å². The molecule has 0 aromatic heterocycles. The molecule has 1 rings (SSSR count). The Hall–Kier alpha value is 0.440. The van der Waals surface area contributed by atoms with Crippen LogP contribution in [0.5, 0.6) is 0 Å². The van der Waals surface area contributed by atoms with Crippen LogP contribution in [0.15, 0.2) is 0 Å². The Morgan fingerprint density at radius 3 is 2.75 bits per heavy atom. The van der Waals surface area contributed by atoms with Gasteiger partial charge in [-0.2, -0.15) is 0 Å². The minimum absolute atomic E-state index is 0.201. The third kappa shape index (κ3) is 2.46. The zero-order chi connectivity index (χ0) is 9.19. The fraction of sp³-hybridized carbons (Fsp3) is 1.00. The van der Waals surface area contributed by atoms with Crippen LogP contribution in [0.4, 0.5) is 0 Å². The first kappa shape index (κ1) is 10.5. The predicted molar refractivity (Wildman–Crippen MR) is 50.3 cm³/mol. The summed E-state index contributed by atoms with van der Waals surface area (Å²) < 4.78 is 12.7. The first-order valence-corrected chi connectivity index (χ1v) is 6.87. The number of rotatable bonds is 2. The highest BCUT2D eigenvalue weighted by atomic mass is 35.7. The second kappa shape index (κ2) is 4.10. The topological polar surface area (TPSA) is 40.5 Å². The van der Waals surface area contributed by atoms with Crippen LogP contribution in [0.25, 0.3) is 0 Å². The lowest BCUT2D eigenvalue weighted by Crippen LogP contribution is -2.35. The molecule has 5 heteroatoms. The van der Waals surface area contributed by atoms with Gasteiger partial charge in [-0.15, -0.1) is 0 Å². The average molecular weight is 212 g/mol. The molecule has 1 aliphatic rings. The third-order valence-corrected chi connectivity index (χ3v) is 4.13. The van der Waals surface area contributed by atoms with Crippen LogP contribution < -0.4 is 0 Å². The summed E-state index contributed by atoms with van der Waals surface area (Å²) in [5.74, 6) is 0. The summed E-state index contributed by atoms with van der Waals surface area (Å²) in [6.45, 7) is -0.822. The second-order valence-corrected chi connectivity index (χ2v) is 5.97. The van der Waals surface area contributed by atoms with Crippen LogP contribution in [0, 0.1) is 0 Å². The molecule has 0 bridgehead atoms. The van der Waals surface area contributed by atoms with E-state index in [2.05, 4.69) is 0 Å². The van der Waals surface area contributed by atoms with Crippen molar-refractivity contribution in [1.29, 1.82) is 0 Å². The summed E-state index contributed by atoms with van der Waals surface area (Å²) in [7, 11) is 0. The molecule has 0 spiro atoms. The van der Waals surface area contributed by atoms with Gasteiger partial charge in [-0.3, -0.25) is 4.57 Å². The quantitative estimate of drug-likeness (QED) is 0.714. The van der Waals surface area contributed by atoms with E-state index >= 15 is 0 Å². The molecule has 1 aliphatic heterocycles. The van der Waals surface area contributed by atoms with Crippen LogP contribution in [-0.4, -0.2) is 22.2 Å². The lowest BCUT2D eigenvalue weighted by molar-refractivity contribution is 0.227. The maximum atomic E-state index is 11.2. The van der Waals surface area contributed by atoms with Crippen molar-refractivity contribution in [2.45, 2.75) is 38.6 Å². The van der Waals surface area contributed by atoms with E-state index in [0.717, 1.165) is 25.7 Å². The van der Waals surface area contributed by atoms with E-state index in [0.29, 0.717) is 6.54 Å². The standard InChI is InChI=1S/C7H15ClNO2P/c1-2-7-5-3-4-6-9(7)12(8,10)11/h7H,2-6H2,1H3,(H,10,11). The van der Waals surface area contributed by atoms with Crippen molar-refractivity contribution in [3.63, 3.8) is 0 Å². The monoisotopic (exact) mass is 211 g/mol. The van der Waals surface area contributed by atoms with Crippen molar-refractivity contribution in [2.24, 2.45) is 0 Å². The highest BCUT2D eigenvalue weighted by molar-refractivity contribution is 7.82. The summed E-state index contributed by atoms with van der Waals surface area (Å²) in [6.07, 6.45) is 4.02. The van der Waals surface area contributed by atoms with Gasteiger partial charge in [0.2, 0.25) is 0 Å². The first-order chi connectivity index (χ1) is 5.55. The van der Waals surface area contributed by atoms with Crippen LogP contribution >= 0.6 is 18.1 Å². The summed E-state index contributed by atoms with van der Waals surface area (Å²) in [5.41, 5.74) is 0. The predicted octanol–water partition coefficient (Wildman–Crippen LogP) is 2.59. The molecule has 72 valence electrons. The van der Waals surface area contributed by atoms with E-state index < -0.39 is 6.87 Å². The summed E-state index contributed by atoms with van der Waals surface area (Å²) >= 11 is 5.42. The van der Waals surface area contributed by atoms with Crippen LogP contribution in [0.2, 0.25) is 0 Å². The van der Waals surface area contributed by atoms with Gasteiger partial charge in [0.15, 0.2) is 0 Å². The van der Waals surface area contributed by atoms with Gasteiger partial charge in [0.05, 0.1) is 0 Å². The largest absolute Gasteiger partial charge is 0.360 e. The van der Waals surface area contributed by atoms with Crippen molar-refractivity contribution in [3.05, 3.63) is 0 Å². The van der Waals surface area contributed by atoms with Crippen molar-refractivity contribution in [3.8, 4) is 0 Å². The van der Waals surface area contributed by atoms with Gasteiger partial charge in [0, 0.05) is 12.6 Å². The van der Waals surface area contributed by atoms with Gasteiger partial charge < -0.3 is 4.89 Å². The maximum Gasteiger partial charge on any atom is 0.360 e. The molecule has 1 fully saturated rings. The SMILES string of the molecule is CCC1CCCCN1P(=O)(O)Cl. The highest BCUT2D eigenvalue weighted by Gasteiger charge is 2.33. The lowest BCUT2D eigenvalue weighted by Gasteiger charge is -2.34. The van der Waals surface area contributed by atoms with E-state index in [9.17, 15) is 9.46 Å². The average Bonchev–Trinajstić information content (AvgIpc) is 2.03. The molecule has 0 aliphatic carbocycles. The molecule has 0 aromatic rings. The minimum atomic E-state index is -3.51. The number of piperidine rings is 1. The lowest BCUT2D eigenvalue weighted by atomic mass is 10.0. The molecule has 12 heavy (non-hydrogen) atoms. The fourth-order valence-electron chi connectivity index (χ4n) is 1.72. The Labute approximate surface area is 78.0 Å². The zero-order valence-electron chi connectivity index (χ0n) is 7.24. The zero-order valence-corrected chi connectivity index (χ0v) is 8.89. The Morgan fingerprint density at radius 1 is 1.67 bits per heavy atom. The van der Waals surface area contributed by atoms with Crippen molar-refractivity contribution in [2.75, 3.05) is 6.54 Å². The number of hydrogen-bond donors (Lipinski definition) is 1. The van der Waals surface area contributed by atoms with Crippen molar-refractivity contribution >= 4 is 18.1 Å². The molecule has 0 radical (unpaired) electrons. The summed E-state index contributed by atoms with van der Waals surface area (Å²) in [5, 5.41) is 0. The maximum absolute atomic E-state index is 11.2. The molecular weight excluding hydrogens is 197 g/mol. The normalized spacial score (nSPS) is 31.4. The molecule has 2 unspecified atom stereocenters. The van der Waals surface area contributed by atoms with Crippen LogP contribution in [0.1, 0.15) is 32.6 Å². The molecular formula is C7H15ClNO2P.